The molecule has 1 aromatic carbocycles. The van der Waals surface area contributed by atoms with Crippen molar-refractivity contribution < 1.29 is 37.7 Å². The van der Waals surface area contributed by atoms with Gasteiger partial charge in [-0.25, -0.2) is 13.6 Å². The number of methoxy groups -OCH3 is 1. The van der Waals surface area contributed by atoms with Crippen LogP contribution in [0.1, 0.15) is 57.8 Å². The molecule has 1 fully saturated rings. The number of carbonyl (C=O) groups excluding carboxylic acids is 3. The van der Waals surface area contributed by atoms with E-state index in [9.17, 15) is 23.2 Å². The number of halogens is 2. The summed E-state index contributed by atoms with van der Waals surface area (Å²) in [7, 11) is 2.45. The smallest absolute Gasteiger partial charge is 0.410 e. The predicted molar refractivity (Wildman–Crippen MR) is 122 cm³/mol. The zero-order valence-electron chi connectivity index (χ0n) is 20.9. The minimum atomic E-state index is -1.15. The average molecular weight is 487 g/mol. The molecule has 2 rings (SSSR count). The maximum Gasteiger partial charge on any atom is 0.410 e. The summed E-state index contributed by atoms with van der Waals surface area (Å²) in [6, 6.07) is 1.60. The monoisotopic (exact) mass is 486 g/mol. The SMILES string of the molecule is CO.COC(C(C)C(=O)NC(C)C(=O)c1c(F)cccc1F)C1CCCN1C(=O)OC(C)(C)C. The summed E-state index contributed by atoms with van der Waals surface area (Å²) < 4.78 is 38.9. The van der Waals surface area contributed by atoms with Crippen LogP contribution in [0.15, 0.2) is 18.2 Å². The van der Waals surface area contributed by atoms with Crippen molar-refractivity contribution in [3.8, 4) is 0 Å². The zero-order valence-corrected chi connectivity index (χ0v) is 20.9. The lowest BCUT2D eigenvalue weighted by atomic mass is 9.94. The van der Waals surface area contributed by atoms with Crippen LogP contribution in [0.2, 0.25) is 0 Å². The number of nitrogens with zero attached hydrogens (tertiary/aromatic N) is 1. The fourth-order valence-electron chi connectivity index (χ4n) is 3.89. The molecule has 0 aromatic heterocycles. The van der Waals surface area contributed by atoms with E-state index in [4.69, 9.17) is 14.6 Å². The van der Waals surface area contributed by atoms with Gasteiger partial charge in [0.15, 0.2) is 5.78 Å². The molecule has 0 aliphatic carbocycles. The van der Waals surface area contributed by atoms with E-state index in [0.717, 1.165) is 31.7 Å². The summed E-state index contributed by atoms with van der Waals surface area (Å²) in [5, 5.41) is 9.52. The van der Waals surface area contributed by atoms with Gasteiger partial charge in [0.1, 0.15) is 17.2 Å². The van der Waals surface area contributed by atoms with Crippen LogP contribution in [0.25, 0.3) is 0 Å². The van der Waals surface area contributed by atoms with Crippen molar-refractivity contribution in [2.45, 2.75) is 71.2 Å². The predicted octanol–water partition coefficient (Wildman–Crippen LogP) is 3.31. The number of rotatable bonds is 7. The Morgan fingerprint density at radius 2 is 1.71 bits per heavy atom. The number of aliphatic hydroxyl groups is 1. The Kier molecular flexibility index (Phi) is 11.0. The lowest BCUT2D eigenvalue weighted by molar-refractivity contribution is -0.131. The first-order valence-corrected chi connectivity index (χ1v) is 11.1. The first kappa shape index (κ1) is 29.4. The normalized spacial score (nSPS) is 18.3. The number of likely N-dealkylation sites (tertiary alicyclic amines) is 1. The molecule has 0 radical (unpaired) electrons. The molecular formula is C24H36F2N2O6. The minimum Gasteiger partial charge on any atom is -0.444 e. The number of ether oxygens (including phenoxy) is 2. The Morgan fingerprint density at radius 3 is 2.21 bits per heavy atom. The molecule has 4 atom stereocenters. The second-order valence-corrected chi connectivity index (χ2v) is 9.06. The summed E-state index contributed by atoms with van der Waals surface area (Å²) >= 11 is 0. The summed E-state index contributed by atoms with van der Waals surface area (Å²) in [5.41, 5.74) is -1.35. The van der Waals surface area contributed by atoms with Gasteiger partial charge in [0.05, 0.1) is 29.7 Å². The molecular weight excluding hydrogens is 450 g/mol. The molecule has 1 aliphatic heterocycles. The van der Waals surface area contributed by atoms with Gasteiger partial charge >= 0.3 is 6.09 Å². The number of benzene rings is 1. The maximum atomic E-state index is 13.9. The van der Waals surface area contributed by atoms with Gasteiger partial charge < -0.3 is 24.8 Å². The molecule has 0 saturated carbocycles. The number of hydrogen-bond acceptors (Lipinski definition) is 6. The molecule has 2 N–H and O–H groups in total. The molecule has 192 valence electrons. The summed E-state index contributed by atoms with van der Waals surface area (Å²) in [4.78, 5) is 39.5. The van der Waals surface area contributed by atoms with E-state index in [1.54, 1.807) is 32.6 Å². The molecule has 1 heterocycles. The number of hydrogen-bond donors (Lipinski definition) is 2. The first-order chi connectivity index (χ1) is 15.9. The van der Waals surface area contributed by atoms with Gasteiger partial charge in [-0.1, -0.05) is 13.0 Å². The number of Topliss-reactive ketones (excluding diaryl/α,β-unsaturated/α-hetero) is 1. The lowest BCUT2D eigenvalue weighted by Crippen LogP contribution is -2.52. The van der Waals surface area contributed by atoms with E-state index in [-0.39, 0.29) is 6.04 Å². The fourth-order valence-corrected chi connectivity index (χ4v) is 3.89. The van der Waals surface area contributed by atoms with E-state index in [1.165, 1.54) is 14.0 Å². The number of amides is 2. The first-order valence-electron chi connectivity index (χ1n) is 11.1. The number of nitrogens with one attached hydrogen (secondary N) is 1. The van der Waals surface area contributed by atoms with E-state index >= 15 is 0 Å². The second-order valence-electron chi connectivity index (χ2n) is 9.06. The average Bonchev–Trinajstić information content (AvgIpc) is 3.24. The van der Waals surface area contributed by atoms with Gasteiger partial charge in [0.25, 0.3) is 0 Å². The van der Waals surface area contributed by atoms with Crippen molar-refractivity contribution in [1.29, 1.82) is 0 Å². The van der Waals surface area contributed by atoms with Crippen molar-refractivity contribution in [2.24, 2.45) is 5.92 Å². The number of carbonyl (C=O) groups is 3. The lowest BCUT2D eigenvalue weighted by Gasteiger charge is -2.35. The van der Waals surface area contributed by atoms with E-state index in [0.29, 0.717) is 13.0 Å². The molecule has 0 spiro atoms. The molecule has 34 heavy (non-hydrogen) atoms. The largest absolute Gasteiger partial charge is 0.444 e. The Labute approximate surface area is 199 Å². The second kappa shape index (κ2) is 12.8. The van der Waals surface area contributed by atoms with Crippen LogP contribution in [-0.4, -0.2) is 72.3 Å². The third-order valence-electron chi connectivity index (χ3n) is 5.45. The third kappa shape index (κ3) is 7.46. The Balaban J connectivity index is 0.00000281. The molecule has 8 nitrogen and oxygen atoms in total. The highest BCUT2D eigenvalue weighted by Crippen LogP contribution is 2.28. The molecule has 10 heteroatoms. The molecule has 1 aromatic rings. The van der Waals surface area contributed by atoms with Crippen LogP contribution in [0.4, 0.5) is 13.6 Å². The van der Waals surface area contributed by atoms with Gasteiger partial charge in [-0.05, 0) is 52.7 Å². The molecule has 2 amide bonds. The van der Waals surface area contributed by atoms with Crippen molar-refractivity contribution in [3.05, 3.63) is 35.4 Å². The van der Waals surface area contributed by atoms with Crippen LogP contribution in [0.5, 0.6) is 0 Å². The molecule has 4 unspecified atom stereocenters. The Morgan fingerprint density at radius 1 is 1.15 bits per heavy atom. The van der Waals surface area contributed by atoms with Crippen LogP contribution in [0, 0.1) is 17.6 Å². The standard InChI is InChI=1S/C23H32F2N2O5.CH4O/c1-13(20(31-6)17-11-8-12-27(17)22(30)32-23(3,4)5)21(29)26-14(2)19(28)18-15(24)9-7-10-16(18)25;1-2/h7,9-10,13-14,17,20H,8,11-12H2,1-6H3,(H,26,29);2H,1H3. The maximum absolute atomic E-state index is 13.9. The van der Waals surface area contributed by atoms with E-state index in [1.807, 2.05) is 0 Å². The van der Waals surface area contributed by atoms with Gasteiger partial charge in [0, 0.05) is 20.8 Å². The van der Waals surface area contributed by atoms with E-state index < -0.39 is 58.6 Å². The quantitative estimate of drug-likeness (QED) is 0.573. The van der Waals surface area contributed by atoms with Gasteiger partial charge in [0.2, 0.25) is 5.91 Å². The summed E-state index contributed by atoms with van der Waals surface area (Å²) in [6.45, 7) is 8.79. The molecule has 1 aliphatic rings. The fraction of sp³-hybridized carbons (Fsp3) is 0.625. The minimum absolute atomic E-state index is 0.384. The van der Waals surface area contributed by atoms with Crippen LogP contribution in [-0.2, 0) is 14.3 Å². The molecule has 1 saturated heterocycles. The number of ketones is 1. The van der Waals surface area contributed by atoms with Gasteiger partial charge in [-0.2, -0.15) is 0 Å². The third-order valence-corrected chi connectivity index (χ3v) is 5.45. The summed E-state index contributed by atoms with van der Waals surface area (Å²) in [5.74, 6) is -4.11. The highest BCUT2D eigenvalue weighted by molar-refractivity contribution is 6.02. The van der Waals surface area contributed by atoms with E-state index in [2.05, 4.69) is 5.32 Å². The van der Waals surface area contributed by atoms with Crippen LogP contribution >= 0.6 is 0 Å². The molecule has 0 bridgehead atoms. The van der Waals surface area contributed by atoms with Crippen molar-refractivity contribution in [3.63, 3.8) is 0 Å². The zero-order chi connectivity index (χ0) is 26.2. The summed E-state index contributed by atoms with van der Waals surface area (Å²) in [6.07, 6.45) is 0.231. The van der Waals surface area contributed by atoms with Gasteiger partial charge in [-0.15, -0.1) is 0 Å². The van der Waals surface area contributed by atoms with Crippen molar-refractivity contribution in [2.75, 3.05) is 20.8 Å². The highest BCUT2D eigenvalue weighted by Gasteiger charge is 2.41. The van der Waals surface area contributed by atoms with Crippen LogP contribution in [0.3, 0.4) is 0 Å². The number of aliphatic hydroxyl groups excluding tert-OH is 1. The Bertz CT molecular complexity index is 838. The van der Waals surface area contributed by atoms with Crippen molar-refractivity contribution in [1.82, 2.24) is 10.2 Å². The van der Waals surface area contributed by atoms with Crippen molar-refractivity contribution >= 4 is 17.8 Å². The Hall–Kier alpha value is -2.59. The topological polar surface area (TPSA) is 105 Å². The highest BCUT2D eigenvalue weighted by atomic mass is 19.1. The van der Waals surface area contributed by atoms with Gasteiger partial charge in [-0.3, -0.25) is 9.59 Å². The van der Waals surface area contributed by atoms with Crippen LogP contribution < -0.4 is 5.32 Å².